The third kappa shape index (κ3) is 0.885. The minimum absolute atomic E-state index is 0.0219. The van der Waals surface area contributed by atoms with Crippen LogP contribution >= 0.6 is 8.61 Å². The fourth-order valence-corrected chi connectivity index (χ4v) is 1.06. The van der Waals surface area contributed by atoms with Gasteiger partial charge >= 0.3 is 6.03 Å². The smallest absolute Gasteiger partial charge is 0.317 e. The van der Waals surface area contributed by atoms with Crippen molar-refractivity contribution in [3.05, 3.63) is 0 Å². The lowest BCUT2D eigenvalue weighted by molar-refractivity contribution is -0.122. The van der Waals surface area contributed by atoms with E-state index in [1.165, 1.54) is 11.9 Å². The van der Waals surface area contributed by atoms with Gasteiger partial charge in [-0.15, -0.1) is 0 Å². The number of urea groups is 1. The van der Waals surface area contributed by atoms with E-state index in [1.807, 2.05) is 0 Å². The molecule has 54 valence electrons. The maximum absolute atomic E-state index is 10.8. The second-order valence-corrected chi connectivity index (χ2v) is 2.49. The largest absolute Gasteiger partial charge is 0.337 e. The lowest BCUT2D eigenvalue weighted by Gasteiger charge is -2.03. The Balaban J connectivity index is 2.83. The summed E-state index contributed by atoms with van der Waals surface area (Å²) in [5, 5.41) is 0. The molecule has 1 rings (SSSR count). The summed E-state index contributed by atoms with van der Waals surface area (Å²) in [5.41, 5.74) is 0. The highest BCUT2D eigenvalue weighted by molar-refractivity contribution is 7.23. The summed E-state index contributed by atoms with van der Waals surface area (Å²) >= 11 is 0. The second-order valence-electron chi connectivity index (χ2n) is 1.93. The molecule has 3 amide bonds. The van der Waals surface area contributed by atoms with Gasteiger partial charge in [0, 0.05) is 7.05 Å². The molecule has 0 saturated carbocycles. The Hall–Kier alpha value is -0.960. The fraction of sp³-hybridized carbons (Fsp3) is 0.500. The van der Waals surface area contributed by atoms with Crippen molar-refractivity contribution in [3.8, 4) is 0 Å². The van der Waals surface area contributed by atoms with Gasteiger partial charge in [0.15, 0.2) is 0 Å². The van der Waals surface area contributed by atoms with Crippen molar-refractivity contribution in [1.82, 2.24) is 9.57 Å². The third-order valence-electron chi connectivity index (χ3n) is 1.20. The van der Waals surface area contributed by atoms with Crippen LogP contribution in [0.5, 0.6) is 0 Å². The zero-order valence-electron chi connectivity index (χ0n) is 5.27. The first-order valence-corrected chi connectivity index (χ1v) is 3.34. The molecule has 5 nitrogen and oxygen atoms in total. The van der Waals surface area contributed by atoms with Crippen LogP contribution in [-0.4, -0.2) is 35.1 Å². The average molecular weight is 160 g/mol. The molecule has 0 aliphatic carbocycles. The summed E-state index contributed by atoms with van der Waals surface area (Å²) in [6.07, 6.45) is 0. The van der Waals surface area contributed by atoms with Crippen molar-refractivity contribution in [2.45, 2.75) is 0 Å². The van der Waals surface area contributed by atoms with E-state index in [-0.39, 0.29) is 6.54 Å². The molecular formula is C4H5N2O3P. The van der Waals surface area contributed by atoms with Crippen LogP contribution in [0.1, 0.15) is 0 Å². The second kappa shape index (κ2) is 2.34. The SMILES string of the molecule is CN1CC(=O)N(P=O)C1=O. The van der Waals surface area contributed by atoms with Crippen molar-refractivity contribution in [1.29, 1.82) is 0 Å². The van der Waals surface area contributed by atoms with Gasteiger partial charge in [0.05, 0.1) is 0 Å². The predicted molar refractivity (Wildman–Crippen MR) is 32.5 cm³/mol. The first kappa shape index (κ1) is 7.15. The van der Waals surface area contributed by atoms with E-state index in [4.69, 9.17) is 0 Å². The molecule has 1 aliphatic heterocycles. The van der Waals surface area contributed by atoms with Crippen LogP contribution in [0.3, 0.4) is 0 Å². The number of rotatable bonds is 1. The summed E-state index contributed by atoms with van der Waals surface area (Å²) in [7, 11) is 0.925. The molecular weight excluding hydrogens is 155 g/mol. The van der Waals surface area contributed by atoms with Gasteiger partial charge in [-0.25, -0.2) is 9.36 Å². The Labute approximate surface area is 58.8 Å². The molecule has 0 N–H and O–H groups in total. The molecule has 0 aromatic carbocycles. The lowest BCUT2D eigenvalue weighted by atomic mass is 10.6. The van der Waals surface area contributed by atoms with Crippen LogP contribution in [0.15, 0.2) is 0 Å². The van der Waals surface area contributed by atoms with Crippen LogP contribution in [0, 0.1) is 0 Å². The first-order valence-electron chi connectivity index (χ1n) is 2.58. The normalized spacial score (nSPS) is 19.3. The molecule has 1 fully saturated rings. The minimum Gasteiger partial charge on any atom is -0.317 e. The van der Waals surface area contributed by atoms with Gasteiger partial charge in [-0.05, 0) is 0 Å². The van der Waals surface area contributed by atoms with E-state index in [0.29, 0.717) is 4.67 Å². The zero-order valence-corrected chi connectivity index (χ0v) is 6.17. The van der Waals surface area contributed by atoms with Crippen LogP contribution < -0.4 is 0 Å². The van der Waals surface area contributed by atoms with Gasteiger partial charge in [-0.3, -0.25) is 4.79 Å². The van der Waals surface area contributed by atoms with Gasteiger partial charge in [0.2, 0.25) is 0 Å². The molecule has 0 spiro atoms. The Bertz CT molecular complexity index is 205. The summed E-state index contributed by atoms with van der Waals surface area (Å²) in [4.78, 5) is 22.7. The number of carbonyl (C=O) groups is 2. The first-order chi connectivity index (χ1) is 4.66. The van der Waals surface area contributed by atoms with Crippen molar-refractivity contribution in [2.24, 2.45) is 0 Å². The van der Waals surface area contributed by atoms with Gasteiger partial charge in [-0.1, -0.05) is 0 Å². The molecule has 0 radical (unpaired) electrons. The molecule has 1 heterocycles. The standard InChI is InChI=1S/C4H5N2O3P/c1-5-2-3(7)6(10-9)4(5)8/h2H2,1H3. The summed E-state index contributed by atoms with van der Waals surface area (Å²) < 4.78 is 10.8. The highest BCUT2D eigenvalue weighted by atomic mass is 31.1. The van der Waals surface area contributed by atoms with Crippen molar-refractivity contribution >= 4 is 20.5 Å². The molecule has 1 aliphatic rings. The van der Waals surface area contributed by atoms with Crippen molar-refractivity contribution in [3.63, 3.8) is 0 Å². The van der Waals surface area contributed by atoms with E-state index in [9.17, 15) is 14.2 Å². The molecule has 10 heavy (non-hydrogen) atoms. The van der Waals surface area contributed by atoms with Crippen LogP contribution in [0.4, 0.5) is 4.79 Å². The lowest BCUT2D eigenvalue weighted by Crippen LogP contribution is -2.23. The molecule has 0 aromatic rings. The quantitative estimate of drug-likeness (QED) is 0.403. The van der Waals surface area contributed by atoms with E-state index in [2.05, 4.69) is 0 Å². The van der Waals surface area contributed by atoms with Crippen molar-refractivity contribution < 1.29 is 14.2 Å². The van der Waals surface area contributed by atoms with Crippen LogP contribution in [0.25, 0.3) is 0 Å². The van der Waals surface area contributed by atoms with Crippen LogP contribution in [0.2, 0.25) is 0 Å². The Morgan fingerprint density at radius 3 is 2.30 bits per heavy atom. The number of hydrogen-bond acceptors (Lipinski definition) is 3. The molecule has 6 heteroatoms. The van der Waals surface area contributed by atoms with Crippen LogP contribution in [-0.2, 0) is 9.36 Å². The van der Waals surface area contributed by atoms with E-state index >= 15 is 0 Å². The number of imide groups is 1. The van der Waals surface area contributed by atoms with Gasteiger partial charge < -0.3 is 4.90 Å². The number of carbonyl (C=O) groups excluding carboxylic acids is 2. The Morgan fingerprint density at radius 1 is 1.50 bits per heavy atom. The molecule has 1 saturated heterocycles. The van der Waals surface area contributed by atoms with E-state index in [0.717, 1.165) is 0 Å². The average Bonchev–Trinajstić information content (AvgIpc) is 2.09. The maximum Gasteiger partial charge on any atom is 0.337 e. The number of amides is 3. The highest BCUT2D eigenvalue weighted by Crippen LogP contribution is 2.15. The monoisotopic (exact) mass is 160 g/mol. The predicted octanol–water partition coefficient (Wildman–Crippen LogP) is 0.0871. The number of likely N-dealkylation sites (N-methyl/N-ethyl adjacent to an activating group) is 1. The van der Waals surface area contributed by atoms with E-state index in [1.54, 1.807) is 0 Å². The summed E-state index contributed by atoms with van der Waals surface area (Å²) in [6.45, 7) is 0.0219. The molecule has 0 bridgehead atoms. The molecule has 0 aromatic heterocycles. The summed E-state index contributed by atoms with van der Waals surface area (Å²) in [6, 6.07) is -0.512. The Morgan fingerprint density at radius 2 is 2.10 bits per heavy atom. The zero-order chi connectivity index (χ0) is 7.72. The highest BCUT2D eigenvalue weighted by Gasteiger charge is 2.33. The maximum atomic E-state index is 10.8. The number of nitrogens with zero attached hydrogens (tertiary/aromatic N) is 2. The minimum atomic E-state index is -0.552. The number of hydrogen-bond donors (Lipinski definition) is 0. The molecule has 0 atom stereocenters. The topological polar surface area (TPSA) is 57.7 Å². The summed E-state index contributed by atoms with van der Waals surface area (Å²) in [5.74, 6) is -0.427. The van der Waals surface area contributed by atoms with Gasteiger partial charge in [0.25, 0.3) is 14.5 Å². The third-order valence-corrected chi connectivity index (χ3v) is 1.76. The van der Waals surface area contributed by atoms with Gasteiger partial charge in [0.1, 0.15) is 6.54 Å². The fourth-order valence-electron chi connectivity index (χ4n) is 0.686. The van der Waals surface area contributed by atoms with Gasteiger partial charge in [-0.2, -0.15) is 4.67 Å². The molecule has 0 unspecified atom stereocenters. The van der Waals surface area contributed by atoms with Crippen molar-refractivity contribution in [2.75, 3.05) is 13.6 Å². The Kier molecular flexibility index (Phi) is 1.68. The van der Waals surface area contributed by atoms with E-state index < -0.39 is 20.5 Å².